The van der Waals surface area contributed by atoms with Crippen LogP contribution in [0.1, 0.15) is 25.5 Å². The highest BCUT2D eigenvalue weighted by Crippen LogP contribution is 2.30. The molecule has 1 aliphatic heterocycles. The molecule has 20 heavy (non-hydrogen) atoms. The van der Waals surface area contributed by atoms with Crippen molar-refractivity contribution < 1.29 is 9.90 Å². The lowest BCUT2D eigenvalue weighted by Crippen LogP contribution is -2.45. The van der Waals surface area contributed by atoms with Crippen molar-refractivity contribution in [3.8, 4) is 0 Å². The third-order valence-corrected chi connectivity index (χ3v) is 4.09. The molecule has 0 amide bonds. The van der Waals surface area contributed by atoms with Crippen LogP contribution < -0.4 is 0 Å². The summed E-state index contributed by atoms with van der Waals surface area (Å²) in [4.78, 5) is 18.1. The Morgan fingerprint density at radius 2 is 2.35 bits per heavy atom. The summed E-state index contributed by atoms with van der Waals surface area (Å²) in [5, 5.41) is 9.35. The van der Waals surface area contributed by atoms with Crippen molar-refractivity contribution in [3.63, 3.8) is 0 Å². The van der Waals surface area contributed by atoms with E-state index in [0.717, 1.165) is 30.7 Å². The Morgan fingerprint density at radius 1 is 1.50 bits per heavy atom. The third-order valence-electron chi connectivity index (χ3n) is 4.09. The van der Waals surface area contributed by atoms with Gasteiger partial charge in [0.1, 0.15) is 5.65 Å². The Labute approximate surface area is 117 Å². The molecule has 0 spiro atoms. The first kappa shape index (κ1) is 13.1. The number of aliphatic carboxylic acids is 1. The maximum atomic E-state index is 11.4. The highest BCUT2D eigenvalue weighted by molar-refractivity contribution is 5.74. The smallest absolute Gasteiger partial charge is 0.310 e. The minimum absolute atomic E-state index is 0.593. The van der Waals surface area contributed by atoms with Gasteiger partial charge in [0.15, 0.2) is 0 Å². The van der Waals surface area contributed by atoms with Gasteiger partial charge in [0.05, 0.1) is 11.1 Å². The highest BCUT2D eigenvalue weighted by atomic mass is 16.4. The lowest BCUT2D eigenvalue weighted by molar-refractivity contribution is -0.151. The molecule has 2 aromatic rings. The molecule has 1 fully saturated rings. The Hall–Kier alpha value is -1.88. The Balaban J connectivity index is 1.75. The van der Waals surface area contributed by atoms with Crippen LogP contribution >= 0.6 is 0 Å². The van der Waals surface area contributed by atoms with Crippen LogP contribution in [0.2, 0.25) is 0 Å². The SMILES string of the molecule is CC1(C(=O)O)CCCN(Cc2cn3ccccc3n2)C1. The number of imidazole rings is 1. The number of pyridine rings is 1. The summed E-state index contributed by atoms with van der Waals surface area (Å²) in [5.74, 6) is -0.697. The number of carboxylic acids is 1. The lowest BCUT2D eigenvalue weighted by atomic mass is 9.82. The summed E-state index contributed by atoms with van der Waals surface area (Å²) >= 11 is 0. The second-order valence-corrected chi connectivity index (χ2v) is 5.88. The fourth-order valence-electron chi connectivity index (χ4n) is 2.95. The summed E-state index contributed by atoms with van der Waals surface area (Å²) in [5.41, 5.74) is 1.29. The van der Waals surface area contributed by atoms with Crippen molar-refractivity contribution in [1.29, 1.82) is 0 Å². The standard InChI is InChI=1S/C15H19N3O2/c1-15(14(19)20)6-4-7-17(11-15)9-12-10-18-8-3-2-5-13(18)16-12/h2-3,5,8,10H,4,6-7,9,11H2,1H3,(H,19,20). The molecule has 5 nitrogen and oxygen atoms in total. The monoisotopic (exact) mass is 273 g/mol. The largest absolute Gasteiger partial charge is 0.481 e. The van der Waals surface area contributed by atoms with E-state index < -0.39 is 11.4 Å². The number of likely N-dealkylation sites (tertiary alicyclic amines) is 1. The zero-order valence-corrected chi connectivity index (χ0v) is 11.6. The number of hydrogen-bond acceptors (Lipinski definition) is 3. The Bertz CT molecular complexity index is 604. The zero-order valence-electron chi connectivity index (χ0n) is 11.6. The number of piperidine rings is 1. The number of hydrogen-bond donors (Lipinski definition) is 1. The molecule has 0 saturated carbocycles. The normalized spacial score (nSPS) is 24.1. The topological polar surface area (TPSA) is 57.8 Å². The molecule has 1 unspecified atom stereocenters. The molecule has 0 radical (unpaired) electrons. The number of carboxylic acid groups (broad SMARTS) is 1. The van der Waals surface area contributed by atoms with Crippen LogP contribution in [0.25, 0.3) is 5.65 Å². The van der Waals surface area contributed by atoms with Crippen molar-refractivity contribution in [2.75, 3.05) is 13.1 Å². The number of fused-ring (bicyclic) bond motifs is 1. The molecule has 0 aliphatic carbocycles. The zero-order chi connectivity index (χ0) is 14.2. The van der Waals surface area contributed by atoms with E-state index in [4.69, 9.17) is 0 Å². The molecular weight excluding hydrogens is 254 g/mol. The lowest BCUT2D eigenvalue weighted by Gasteiger charge is -2.37. The van der Waals surface area contributed by atoms with Gasteiger partial charge in [0.25, 0.3) is 0 Å². The van der Waals surface area contributed by atoms with E-state index in [0.29, 0.717) is 13.1 Å². The van der Waals surface area contributed by atoms with Gasteiger partial charge < -0.3 is 9.51 Å². The van der Waals surface area contributed by atoms with Crippen LogP contribution in [-0.2, 0) is 11.3 Å². The maximum absolute atomic E-state index is 11.4. The van der Waals surface area contributed by atoms with E-state index in [-0.39, 0.29) is 0 Å². The van der Waals surface area contributed by atoms with Crippen molar-refractivity contribution in [3.05, 3.63) is 36.3 Å². The summed E-state index contributed by atoms with van der Waals surface area (Å²) in [6, 6.07) is 5.91. The van der Waals surface area contributed by atoms with Gasteiger partial charge in [-0.1, -0.05) is 6.07 Å². The molecule has 1 saturated heterocycles. The Kier molecular flexibility index (Phi) is 3.22. The second kappa shape index (κ2) is 4.90. The van der Waals surface area contributed by atoms with Crippen LogP contribution in [0.5, 0.6) is 0 Å². The quantitative estimate of drug-likeness (QED) is 0.929. The molecular formula is C15H19N3O2. The van der Waals surface area contributed by atoms with Crippen molar-refractivity contribution >= 4 is 11.6 Å². The first-order valence-corrected chi connectivity index (χ1v) is 6.95. The van der Waals surface area contributed by atoms with Gasteiger partial charge in [-0.15, -0.1) is 0 Å². The summed E-state index contributed by atoms with van der Waals surface area (Å²) in [6.07, 6.45) is 5.67. The Morgan fingerprint density at radius 3 is 3.10 bits per heavy atom. The first-order chi connectivity index (χ1) is 9.57. The molecule has 1 aliphatic rings. The molecule has 106 valence electrons. The molecule has 2 aromatic heterocycles. The summed E-state index contributed by atoms with van der Waals surface area (Å²) in [6.45, 7) is 4.09. The van der Waals surface area contributed by atoms with Gasteiger partial charge in [0.2, 0.25) is 0 Å². The van der Waals surface area contributed by atoms with Gasteiger partial charge in [-0.2, -0.15) is 0 Å². The number of rotatable bonds is 3. The molecule has 0 aromatic carbocycles. The number of nitrogens with zero attached hydrogens (tertiary/aromatic N) is 3. The van der Waals surface area contributed by atoms with Crippen molar-refractivity contribution in [2.24, 2.45) is 5.41 Å². The van der Waals surface area contributed by atoms with Crippen LogP contribution in [0, 0.1) is 5.41 Å². The minimum atomic E-state index is -0.697. The second-order valence-electron chi connectivity index (χ2n) is 5.88. The fourth-order valence-corrected chi connectivity index (χ4v) is 2.95. The molecule has 0 bridgehead atoms. The van der Waals surface area contributed by atoms with E-state index in [2.05, 4.69) is 9.88 Å². The van der Waals surface area contributed by atoms with E-state index in [1.54, 1.807) is 0 Å². The summed E-state index contributed by atoms with van der Waals surface area (Å²) < 4.78 is 2.00. The van der Waals surface area contributed by atoms with Crippen LogP contribution in [-0.4, -0.2) is 38.4 Å². The molecule has 1 N–H and O–H groups in total. The molecule has 1 atom stereocenters. The van der Waals surface area contributed by atoms with E-state index >= 15 is 0 Å². The molecule has 5 heteroatoms. The predicted molar refractivity (Wildman–Crippen MR) is 75.4 cm³/mol. The minimum Gasteiger partial charge on any atom is -0.481 e. The third kappa shape index (κ3) is 2.41. The average molecular weight is 273 g/mol. The van der Waals surface area contributed by atoms with Crippen LogP contribution in [0.15, 0.2) is 30.6 Å². The van der Waals surface area contributed by atoms with E-state index in [1.807, 2.05) is 41.9 Å². The van der Waals surface area contributed by atoms with E-state index in [1.165, 1.54) is 0 Å². The van der Waals surface area contributed by atoms with Gasteiger partial charge in [-0.3, -0.25) is 9.69 Å². The van der Waals surface area contributed by atoms with Crippen LogP contribution in [0.3, 0.4) is 0 Å². The highest BCUT2D eigenvalue weighted by Gasteiger charge is 2.37. The number of carbonyl (C=O) groups is 1. The first-order valence-electron chi connectivity index (χ1n) is 6.95. The van der Waals surface area contributed by atoms with E-state index in [9.17, 15) is 9.90 Å². The van der Waals surface area contributed by atoms with Gasteiger partial charge in [-0.05, 0) is 38.4 Å². The summed E-state index contributed by atoms with van der Waals surface area (Å²) in [7, 11) is 0. The van der Waals surface area contributed by atoms with Gasteiger partial charge >= 0.3 is 5.97 Å². The van der Waals surface area contributed by atoms with Gasteiger partial charge in [0, 0.05) is 25.5 Å². The fraction of sp³-hybridized carbons (Fsp3) is 0.467. The number of aromatic nitrogens is 2. The average Bonchev–Trinajstić information content (AvgIpc) is 2.80. The van der Waals surface area contributed by atoms with Crippen molar-refractivity contribution in [1.82, 2.24) is 14.3 Å². The molecule has 3 heterocycles. The predicted octanol–water partition coefficient (Wildman–Crippen LogP) is 2.02. The molecule has 3 rings (SSSR count). The maximum Gasteiger partial charge on any atom is 0.310 e. The van der Waals surface area contributed by atoms with Gasteiger partial charge in [-0.25, -0.2) is 4.98 Å². The van der Waals surface area contributed by atoms with Crippen LogP contribution in [0.4, 0.5) is 0 Å². The van der Waals surface area contributed by atoms with Crippen molar-refractivity contribution in [2.45, 2.75) is 26.3 Å².